The summed E-state index contributed by atoms with van der Waals surface area (Å²) in [5.41, 5.74) is 5.40. The Balaban J connectivity index is 2.12. The number of likely N-dealkylation sites (tertiary alicyclic amines) is 1. The minimum atomic E-state index is -0.697. The van der Waals surface area contributed by atoms with Gasteiger partial charge in [0.05, 0.1) is 19.1 Å². The molecular formula is C11H20N2O3. The predicted octanol–water partition coefficient (Wildman–Crippen LogP) is -0.386. The number of carboxylic acid groups (broad SMARTS) is 1. The Hall–Kier alpha value is -0.650. The van der Waals surface area contributed by atoms with Gasteiger partial charge in [0.25, 0.3) is 0 Å². The Labute approximate surface area is 95.5 Å². The molecule has 1 spiro atoms. The average Bonchev–Trinajstić information content (AvgIpc) is 2.14. The first-order chi connectivity index (χ1) is 7.60. The fourth-order valence-electron chi connectivity index (χ4n) is 2.94. The van der Waals surface area contributed by atoms with E-state index in [4.69, 9.17) is 10.5 Å². The molecule has 0 radical (unpaired) electrons. The maximum absolute atomic E-state index is 11.3. The van der Waals surface area contributed by atoms with E-state index >= 15 is 0 Å². The molecule has 0 aliphatic carbocycles. The molecule has 2 fully saturated rings. The topological polar surface area (TPSA) is 75.8 Å². The molecule has 92 valence electrons. The van der Waals surface area contributed by atoms with E-state index in [0.717, 1.165) is 13.1 Å². The van der Waals surface area contributed by atoms with Crippen molar-refractivity contribution in [2.75, 3.05) is 39.4 Å². The molecule has 0 amide bonds. The third-order valence-electron chi connectivity index (χ3n) is 4.13. The molecule has 2 rings (SSSR count). The number of aliphatic carboxylic acids is 1. The number of ether oxygens (including phenoxy) is 1. The first-order valence-corrected chi connectivity index (χ1v) is 5.83. The molecule has 2 atom stereocenters. The van der Waals surface area contributed by atoms with Crippen molar-refractivity contribution >= 4 is 5.97 Å². The standard InChI is InChI=1S/C11H20N2O3/c1-8-4-13(3-2-12)5-9(10(14)15)11(8)6-16-7-11/h8-9H,2-7,12H2,1H3,(H,14,15). The summed E-state index contributed by atoms with van der Waals surface area (Å²) in [6.45, 7) is 6.24. The van der Waals surface area contributed by atoms with Crippen molar-refractivity contribution in [3.8, 4) is 0 Å². The number of hydrogen-bond acceptors (Lipinski definition) is 4. The number of carbonyl (C=O) groups is 1. The van der Waals surface area contributed by atoms with Crippen LogP contribution in [0.3, 0.4) is 0 Å². The fourth-order valence-corrected chi connectivity index (χ4v) is 2.94. The largest absolute Gasteiger partial charge is 0.481 e. The van der Waals surface area contributed by atoms with Gasteiger partial charge in [0, 0.05) is 31.6 Å². The van der Waals surface area contributed by atoms with Gasteiger partial charge in [0.2, 0.25) is 0 Å². The first kappa shape index (κ1) is 11.8. The number of piperidine rings is 1. The van der Waals surface area contributed by atoms with Crippen LogP contribution in [0.1, 0.15) is 6.92 Å². The van der Waals surface area contributed by atoms with E-state index in [9.17, 15) is 9.90 Å². The lowest BCUT2D eigenvalue weighted by Gasteiger charge is -2.54. The molecule has 5 nitrogen and oxygen atoms in total. The molecule has 0 aromatic rings. The maximum atomic E-state index is 11.3. The van der Waals surface area contributed by atoms with Gasteiger partial charge in [-0.15, -0.1) is 0 Å². The lowest BCUT2D eigenvalue weighted by atomic mass is 9.63. The van der Waals surface area contributed by atoms with Crippen LogP contribution in [0, 0.1) is 17.3 Å². The molecule has 2 heterocycles. The second kappa shape index (κ2) is 4.31. The Morgan fingerprint density at radius 1 is 1.56 bits per heavy atom. The van der Waals surface area contributed by atoms with E-state index in [2.05, 4.69) is 11.8 Å². The summed E-state index contributed by atoms with van der Waals surface area (Å²) < 4.78 is 5.26. The zero-order chi connectivity index (χ0) is 11.8. The van der Waals surface area contributed by atoms with E-state index in [-0.39, 0.29) is 11.3 Å². The van der Waals surface area contributed by atoms with E-state index in [1.165, 1.54) is 0 Å². The van der Waals surface area contributed by atoms with Gasteiger partial charge < -0.3 is 20.5 Å². The van der Waals surface area contributed by atoms with E-state index in [1.54, 1.807) is 0 Å². The van der Waals surface area contributed by atoms with E-state index < -0.39 is 5.97 Å². The van der Waals surface area contributed by atoms with Gasteiger partial charge in [-0.2, -0.15) is 0 Å². The van der Waals surface area contributed by atoms with Crippen LogP contribution in [-0.2, 0) is 9.53 Å². The third-order valence-corrected chi connectivity index (χ3v) is 4.13. The van der Waals surface area contributed by atoms with Gasteiger partial charge in [0.1, 0.15) is 0 Å². The lowest BCUT2D eigenvalue weighted by Crippen LogP contribution is -2.64. The van der Waals surface area contributed by atoms with Crippen LogP contribution >= 0.6 is 0 Å². The summed E-state index contributed by atoms with van der Waals surface area (Å²) >= 11 is 0. The van der Waals surface area contributed by atoms with Crippen LogP contribution in [0.2, 0.25) is 0 Å². The summed E-state index contributed by atoms with van der Waals surface area (Å²) in [6, 6.07) is 0. The molecule has 5 heteroatoms. The summed E-state index contributed by atoms with van der Waals surface area (Å²) in [5.74, 6) is -0.643. The molecule has 16 heavy (non-hydrogen) atoms. The molecule has 3 N–H and O–H groups in total. The fraction of sp³-hybridized carbons (Fsp3) is 0.909. The lowest BCUT2D eigenvalue weighted by molar-refractivity contribution is -0.209. The van der Waals surface area contributed by atoms with Crippen LogP contribution in [0.4, 0.5) is 0 Å². The van der Waals surface area contributed by atoms with Crippen LogP contribution in [0.25, 0.3) is 0 Å². The van der Waals surface area contributed by atoms with Crippen molar-refractivity contribution < 1.29 is 14.6 Å². The zero-order valence-electron chi connectivity index (χ0n) is 9.69. The molecule has 2 aliphatic rings. The summed E-state index contributed by atoms with van der Waals surface area (Å²) in [7, 11) is 0. The molecule has 0 saturated carbocycles. The van der Waals surface area contributed by atoms with Gasteiger partial charge in [-0.25, -0.2) is 0 Å². The van der Waals surface area contributed by atoms with Gasteiger partial charge >= 0.3 is 5.97 Å². The quantitative estimate of drug-likeness (QED) is 0.688. The van der Waals surface area contributed by atoms with Gasteiger partial charge in [-0.1, -0.05) is 6.92 Å². The molecule has 2 unspecified atom stereocenters. The molecule has 2 aliphatic heterocycles. The highest BCUT2D eigenvalue weighted by Gasteiger charge is 2.55. The average molecular weight is 228 g/mol. The molecular weight excluding hydrogens is 208 g/mol. The molecule has 2 saturated heterocycles. The first-order valence-electron chi connectivity index (χ1n) is 5.83. The Morgan fingerprint density at radius 2 is 2.25 bits per heavy atom. The van der Waals surface area contributed by atoms with Crippen LogP contribution < -0.4 is 5.73 Å². The van der Waals surface area contributed by atoms with Crippen molar-refractivity contribution in [2.24, 2.45) is 23.0 Å². The normalized spacial score (nSPS) is 33.6. The Bertz CT molecular complexity index is 278. The predicted molar refractivity (Wildman–Crippen MR) is 59.0 cm³/mol. The Morgan fingerprint density at radius 3 is 2.69 bits per heavy atom. The van der Waals surface area contributed by atoms with Crippen molar-refractivity contribution in [1.29, 1.82) is 0 Å². The Kier molecular flexibility index (Phi) is 3.19. The van der Waals surface area contributed by atoms with Crippen molar-refractivity contribution in [3.63, 3.8) is 0 Å². The van der Waals surface area contributed by atoms with Crippen molar-refractivity contribution in [1.82, 2.24) is 4.90 Å². The highest BCUT2D eigenvalue weighted by atomic mass is 16.5. The second-order valence-corrected chi connectivity index (χ2v) is 5.07. The number of rotatable bonds is 3. The summed E-state index contributed by atoms with van der Waals surface area (Å²) in [5, 5.41) is 9.33. The highest BCUT2D eigenvalue weighted by molar-refractivity contribution is 5.72. The minimum Gasteiger partial charge on any atom is -0.481 e. The molecule has 0 aromatic heterocycles. The van der Waals surface area contributed by atoms with E-state index in [0.29, 0.717) is 32.2 Å². The SMILES string of the molecule is CC1CN(CCN)CC(C(=O)O)C12COC2. The van der Waals surface area contributed by atoms with Crippen LogP contribution in [0.5, 0.6) is 0 Å². The highest BCUT2D eigenvalue weighted by Crippen LogP contribution is 2.46. The second-order valence-electron chi connectivity index (χ2n) is 5.07. The van der Waals surface area contributed by atoms with Gasteiger partial charge in [-0.05, 0) is 5.92 Å². The van der Waals surface area contributed by atoms with Crippen LogP contribution in [0.15, 0.2) is 0 Å². The number of carboxylic acids is 1. The van der Waals surface area contributed by atoms with Gasteiger partial charge in [0.15, 0.2) is 0 Å². The number of nitrogens with zero attached hydrogens (tertiary/aromatic N) is 1. The number of nitrogens with two attached hydrogens (primary N) is 1. The third kappa shape index (κ3) is 1.73. The summed E-state index contributed by atoms with van der Waals surface area (Å²) in [4.78, 5) is 13.5. The maximum Gasteiger partial charge on any atom is 0.308 e. The van der Waals surface area contributed by atoms with Crippen LogP contribution in [-0.4, -0.2) is 55.4 Å². The minimum absolute atomic E-state index is 0.128. The van der Waals surface area contributed by atoms with E-state index in [1.807, 2.05) is 0 Å². The molecule has 0 bridgehead atoms. The number of hydrogen-bond donors (Lipinski definition) is 2. The van der Waals surface area contributed by atoms with Crippen molar-refractivity contribution in [2.45, 2.75) is 6.92 Å². The monoisotopic (exact) mass is 228 g/mol. The van der Waals surface area contributed by atoms with Gasteiger partial charge in [-0.3, -0.25) is 4.79 Å². The smallest absolute Gasteiger partial charge is 0.308 e. The summed E-state index contributed by atoms with van der Waals surface area (Å²) in [6.07, 6.45) is 0. The molecule has 0 aromatic carbocycles. The van der Waals surface area contributed by atoms with Crippen molar-refractivity contribution in [3.05, 3.63) is 0 Å². The zero-order valence-corrected chi connectivity index (χ0v) is 9.69.